The molecule has 0 saturated heterocycles. The molecule has 134 valence electrons. The summed E-state index contributed by atoms with van der Waals surface area (Å²) >= 11 is 0. The van der Waals surface area contributed by atoms with E-state index in [2.05, 4.69) is 15.6 Å². The quantitative estimate of drug-likeness (QED) is 0.385. The van der Waals surface area contributed by atoms with E-state index in [1.54, 1.807) is 0 Å². The van der Waals surface area contributed by atoms with Crippen molar-refractivity contribution >= 4 is 5.96 Å². The first kappa shape index (κ1) is 18.2. The predicted octanol–water partition coefficient (Wildman–Crippen LogP) is 1.78. The van der Waals surface area contributed by atoms with Gasteiger partial charge in [0.2, 0.25) is 6.79 Å². The Hall–Kier alpha value is -2.15. The lowest BCUT2D eigenvalue weighted by atomic mass is 10.3. The largest absolute Gasteiger partial charge is 0.492 e. The van der Waals surface area contributed by atoms with Gasteiger partial charge in [-0.25, -0.2) is 0 Å². The molecule has 7 nitrogen and oxygen atoms in total. The van der Waals surface area contributed by atoms with E-state index in [0.717, 1.165) is 55.9 Å². The zero-order valence-corrected chi connectivity index (χ0v) is 14.5. The molecule has 7 heteroatoms. The van der Waals surface area contributed by atoms with Gasteiger partial charge in [0, 0.05) is 32.4 Å². The number of ether oxygens (including phenoxy) is 4. The van der Waals surface area contributed by atoms with E-state index in [-0.39, 0.29) is 6.79 Å². The maximum atomic E-state index is 5.72. The van der Waals surface area contributed by atoms with E-state index in [0.29, 0.717) is 13.2 Å². The fraction of sp³-hybridized carbons (Fsp3) is 0.588. The van der Waals surface area contributed by atoms with Crippen molar-refractivity contribution in [3.8, 4) is 17.2 Å². The van der Waals surface area contributed by atoms with E-state index < -0.39 is 0 Å². The summed E-state index contributed by atoms with van der Waals surface area (Å²) in [6.07, 6.45) is 0.915. The molecular formula is C17H27N3O4. The highest BCUT2D eigenvalue weighted by atomic mass is 16.7. The monoisotopic (exact) mass is 337 g/mol. The Morgan fingerprint density at radius 1 is 1.17 bits per heavy atom. The highest BCUT2D eigenvalue weighted by Gasteiger charge is 2.13. The standard InChI is InChI=1S/C17H27N3O4/c1-3-18-17(19-8-5-10-21-4-2)20-9-11-22-14-6-7-15-16(12-14)24-13-23-15/h6-7,12H,3-5,8-11,13H2,1-2H3,(H2,18,19,20). The molecule has 0 saturated carbocycles. The van der Waals surface area contributed by atoms with Crippen LogP contribution in [0.1, 0.15) is 20.3 Å². The van der Waals surface area contributed by atoms with E-state index in [1.807, 2.05) is 32.0 Å². The van der Waals surface area contributed by atoms with Gasteiger partial charge in [0.15, 0.2) is 17.5 Å². The summed E-state index contributed by atoms with van der Waals surface area (Å²) in [5, 5.41) is 6.46. The van der Waals surface area contributed by atoms with E-state index in [1.165, 1.54) is 0 Å². The van der Waals surface area contributed by atoms with Crippen molar-refractivity contribution < 1.29 is 18.9 Å². The second kappa shape index (κ2) is 10.6. The lowest BCUT2D eigenvalue weighted by molar-refractivity contribution is 0.146. The molecule has 1 heterocycles. The maximum Gasteiger partial charge on any atom is 0.231 e. The molecule has 0 amide bonds. The second-order valence-electron chi connectivity index (χ2n) is 5.10. The Bertz CT molecular complexity index is 523. The molecule has 24 heavy (non-hydrogen) atoms. The first-order valence-corrected chi connectivity index (χ1v) is 8.45. The molecule has 2 N–H and O–H groups in total. The normalized spacial score (nSPS) is 13.0. The molecule has 1 aromatic carbocycles. The lowest BCUT2D eigenvalue weighted by Gasteiger charge is -2.12. The van der Waals surface area contributed by atoms with E-state index in [9.17, 15) is 0 Å². The van der Waals surface area contributed by atoms with Gasteiger partial charge in [-0.1, -0.05) is 0 Å². The van der Waals surface area contributed by atoms with Crippen LogP contribution in [-0.2, 0) is 4.74 Å². The molecule has 0 aliphatic carbocycles. The van der Waals surface area contributed by atoms with Crippen LogP contribution >= 0.6 is 0 Å². The van der Waals surface area contributed by atoms with Crippen molar-refractivity contribution in [2.24, 2.45) is 4.99 Å². The number of aliphatic imine (C=N–C) groups is 1. The fourth-order valence-electron chi connectivity index (χ4n) is 2.15. The fourth-order valence-corrected chi connectivity index (χ4v) is 2.15. The SMILES string of the molecule is CCNC(=NCCCOCC)NCCOc1ccc2c(c1)OCO2. The molecule has 0 unspecified atom stereocenters. The number of rotatable bonds is 10. The summed E-state index contributed by atoms with van der Waals surface area (Å²) in [5.74, 6) is 3.04. The van der Waals surface area contributed by atoms with Crippen LogP contribution in [0.5, 0.6) is 17.2 Å². The van der Waals surface area contributed by atoms with Crippen LogP contribution in [0.3, 0.4) is 0 Å². The molecule has 0 bridgehead atoms. The minimum absolute atomic E-state index is 0.270. The Morgan fingerprint density at radius 3 is 2.88 bits per heavy atom. The van der Waals surface area contributed by atoms with Crippen LogP contribution < -0.4 is 24.8 Å². The Kier molecular flexibility index (Phi) is 8.03. The zero-order chi connectivity index (χ0) is 17.0. The van der Waals surface area contributed by atoms with Crippen molar-refractivity contribution in [1.29, 1.82) is 0 Å². The zero-order valence-electron chi connectivity index (χ0n) is 14.5. The molecule has 1 aromatic rings. The third-order valence-electron chi connectivity index (χ3n) is 3.27. The number of benzene rings is 1. The summed E-state index contributed by atoms with van der Waals surface area (Å²) in [5.41, 5.74) is 0. The molecule has 0 radical (unpaired) electrons. The third-order valence-corrected chi connectivity index (χ3v) is 3.27. The van der Waals surface area contributed by atoms with Crippen LogP contribution in [0.25, 0.3) is 0 Å². The minimum Gasteiger partial charge on any atom is -0.492 e. The topological polar surface area (TPSA) is 73.3 Å². The van der Waals surface area contributed by atoms with Gasteiger partial charge in [0.05, 0.1) is 6.54 Å². The van der Waals surface area contributed by atoms with E-state index >= 15 is 0 Å². The first-order chi connectivity index (χ1) is 11.8. The number of guanidine groups is 1. The van der Waals surface area contributed by atoms with Crippen LogP contribution in [0.4, 0.5) is 0 Å². The first-order valence-electron chi connectivity index (χ1n) is 8.45. The van der Waals surface area contributed by atoms with Crippen molar-refractivity contribution in [2.75, 3.05) is 46.2 Å². The highest BCUT2D eigenvalue weighted by molar-refractivity contribution is 5.79. The summed E-state index contributed by atoms with van der Waals surface area (Å²) in [6, 6.07) is 5.57. The molecule has 1 aliphatic rings. The van der Waals surface area contributed by atoms with Gasteiger partial charge in [-0.05, 0) is 32.4 Å². The van der Waals surface area contributed by atoms with E-state index in [4.69, 9.17) is 18.9 Å². The second-order valence-corrected chi connectivity index (χ2v) is 5.10. The smallest absolute Gasteiger partial charge is 0.231 e. The van der Waals surface area contributed by atoms with Crippen LogP contribution in [0.2, 0.25) is 0 Å². The van der Waals surface area contributed by atoms with Gasteiger partial charge in [-0.3, -0.25) is 4.99 Å². The number of hydrogen-bond donors (Lipinski definition) is 2. The van der Waals surface area contributed by atoms with Gasteiger partial charge in [0.1, 0.15) is 12.4 Å². The summed E-state index contributed by atoms with van der Waals surface area (Å²) < 4.78 is 21.6. The Balaban J connectivity index is 1.67. The molecule has 0 fully saturated rings. The number of nitrogens with zero attached hydrogens (tertiary/aromatic N) is 1. The van der Waals surface area contributed by atoms with Crippen molar-refractivity contribution in [3.63, 3.8) is 0 Å². The average molecular weight is 337 g/mol. The number of nitrogens with one attached hydrogen (secondary N) is 2. The average Bonchev–Trinajstić information content (AvgIpc) is 3.06. The van der Waals surface area contributed by atoms with Gasteiger partial charge >= 0.3 is 0 Å². The maximum absolute atomic E-state index is 5.72. The molecule has 0 atom stereocenters. The number of fused-ring (bicyclic) bond motifs is 1. The Morgan fingerprint density at radius 2 is 2.04 bits per heavy atom. The number of hydrogen-bond acceptors (Lipinski definition) is 5. The summed E-state index contributed by atoms with van der Waals surface area (Å²) in [6.45, 7) is 8.54. The van der Waals surface area contributed by atoms with Gasteiger partial charge in [-0.15, -0.1) is 0 Å². The van der Waals surface area contributed by atoms with Crippen LogP contribution in [0.15, 0.2) is 23.2 Å². The molecule has 0 spiro atoms. The summed E-state index contributed by atoms with van der Waals surface area (Å²) in [7, 11) is 0. The van der Waals surface area contributed by atoms with Crippen molar-refractivity contribution in [3.05, 3.63) is 18.2 Å². The minimum atomic E-state index is 0.270. The van der Waals surface area contributed by atoms with Gasteiger partial charge in [-0.2, -0.15) is 0 Å². The Labute approximate surface area is 143 Å². The van der Waals surface area contributed by atoms with Crippen LogP contribution in [-0.4, -0.2) is 52.2 Å². The van der Waals surface area contributed by atoms with Crippen LogP contribution in [0, 0.1) is 0 Å². The molecule has 1 aliphatic heterocycles. The molecular weight excluding hydrogens is 310 g/mol. The highest BCUT2D eigenvalue weighted by Crippen LogP contribution is 2.34. The van der Waals surface area contributed by atoms with Gasteiger partial charge < -0.3 is 29.6 Å². The van der Waals surface area contributed by atoms with Crippen molar-refractivity contribution in [1.82, 2.24) is 10.6 Å². The third kappa shape index (κ3) is 6.16. The molecule has 2 rings (SSSR count). The lowest BCUT2D eigenvalue weighted by Crippen LogP contribution is -2.39. The van der Waals surface area contributed by atoms with Crippen molar-refractivity contribution in [2.45, 2.75) is 20.3 Å². The van der Waals surface area contributed by atoms with Gasteiger partial charge in [0.25, 0.3) is 0 Å². The molecule has 0 aromatic heterocycles. The summed E-state index contributed by atoms with van der Waals surface area (Å²) in [4.78, 5) is 4.50. The predicted molar refractivity (Wildman–Crippen MR) is 93.2 cm³/mol.